The minimum absolute atomic E-state index is 0.209. The molecule has 0 N–H and O–H groups in total. The number of piperidine rings is 1. The number of sulfonamides is 1. The molecule has 1 saturated heterocycles. The lowest BCUT2D eigenvalue weighted by atomic mass is 10.0. The van der Waals surface area contributed by atoms with Crippen molar-refractivity contribution in [3.8, 4) is 0 Å². The Hall–Kier alpha value is -2.04. The Labute approximate surface area is 207 Å². The molecule has 5 rings (SSSR count). The minimum Gasteiger partial charge on any atom is -0.316 e. The number of aromatic nitrogens is 2. The standard InChI is InChI=1S/C25H28F3N3O2S2/c1-16-5-4-10-30(14-16)35(32,33)19-8-9-23-22(13-19)29-25(31(23)18-6-2-3-7-18)34-15-17-11-20(26)24(28)21(27)12-17/h8-9,11-13,16,18H,2-7,10,14-15H2,1H3/t16-/m0/s1. The SMILES string of the molecule is C[C@H]1CCCN(S(=O)(=O)c2ccc3c(c2)nc(SCc2cc(F)c(F)c(F)c2)n3C2CCCC2)C1. The first kappa shape index (κ1) is 24.6. The number of imidazole rings is 1. The van der Waals surface area contributed by atoms with E-state index in [1.807, 2.05) is 6.07 Å². The van der Waals surface area contributed by atoms with Gasteiger partial charge in [-0.05, 0) is 67.5 Å². The van der Waals surface area contributed by atoms with E-state index in [1.165, 1.54) is 11.8 Å². The second kappa shape index (κ2) is 9.78. The number of halogens is 3. The van der Waals surface area contributed by atoms with Gasteiger partial charge in [-0.2, -0.15) is 4.31 Å². The summed E-state index contributed by atoms with van der Waals surface area (Å²) in [5, 5.41) is 0.665. The Morgan fingerprint density at radius 3 is 2.43 bits per heavy atom. The zero-order valence-electron chi connectivity index (χ0n) is 19.5. The van der Waals surface area contributed by atoms with Gasteiger partial charge in [0.15, 0.2) is 22.6 Å². The van der Waals surface area contributed by atoms with Crippen LogP contribution in [0.4, 0.5) is 13.2 Å². The van der Waals surface area contributed by atoms with E-state index < -0.39 is 27.5 Å². The first-order chi connectivity index (χ1) is 16.7. The lowest BCUT2D eigenvalue weighted by Crippen LogP contribution is -2.39. The molecule has 1 aliphatic carbocycles. The maximum absolute atomic E-state index is 13.7. The molecule has 5 nitrogen and oxygen atoms in total. The van der Waals surface area contributed by atoms with E-state index in [4.69, 9.17) is 4.98 Å². The summed E-state index contributed by atoms with van der Waals surface area (Å²) in [4.78, 5) is 4.98. The molecule has 10 heteroatoms. The van der Waals surface area contributed by atoms with E-state index in [9.17, 15) is 21.6 Å². The zero-order valence-corrected chi connectivity index (χ0v) is 21.1. The molecule has 2 aromatic carbocycles. The first-order valence-electron chi connectivity index (χ1n) is 12.0. The number of fused-ring (bicyclic) bond motifs is 1. The van der Waals surface area contributed by atoms with Gasteiger partial charge in [0.25, 0.3) is 0 Å². The van der Waals surface area contributed by atoms with Crippen LogP contribution in [0.25, 0.3) is 11.0 Å². The topological polar surface area (TPSA) is 55.2 Å². The van der Waals surface area contributed by atoms with Gasteiger partial charge >= 0.3 is 0 Å². The predicted molar refractivity (Wildman–Crippen MR) is 130 cm³/mol. The van der Waals surface area contributed by atoms with Gasteiger partial charge < -0.3 is 4.57 Å². The largest absolute Gasteiger partial charge is 0.316 e. The Morgan fingerprint density at radius 2 is 1.74 bits per heavy atom. The Morgan fingerprint density at radius 1 is 1.03 bits per heavy atom. The second-order valence-corrected chi connectivity index (χ2v) is 12.5. The molecule has 1 aliphatic heterocycles. The molecule has 35 heavy (non-hydrogen) atoms. The van der Waals surface area contributed by atoms with E-state index in [0.717, 1.165) is 56.2 Å². The van der Waals surface area contributed by atoms with Crippen LogP contribution in [0.2, 0.25) is 0 Å². The predicted octanol–water partition coefficient (Wildman–Crippen LogP) is 6.28. The van der Waals surface area contributed by atoms with Gasteiger partial charge in [0, 0.05) is 24.9 Å². The van der Waals surface area contributed by atoms with Crippen molar-refractivity contribution < 1.29 is 21.6 Å². The molecular weight excluding hydrogens is 495 g/mol. The first-order valence-corrected chi connectivity index (χ1v) is 14.4. The molecule has 1 aromatic heterocycles. The third-order valence-electron chi connectivity index (χ3n) is 6.99. The summed E-state index contributed by atoms with van der Waals surface area (Å²) in [5.74, 6) is -3.37. The normalized spacial score (nSPS) is 20.2. The van der Waals surface area contributed by atoms with Crippen LogP contribution in [0.1, 0.15) is 57.1 Å². The average Bonchev–Trinajstić information content (AvgIpc) is 3.48. The summed E-state index contributed by atoms with van der Waals surface area (Å²) in [6, 6.07) is 7.34. The van der Waals surface area contributed by atoms with Gasteiger partial charge in [-0.1, -0.05) is 31.5 Å². The third kappa shape index (κ3) is 4.84. The van der Waals surface area contributed by atoms with E-state index in [0.29, 0.717) is 35.2 Å². The molecule has 2 heterocycles. The summed E-state index contributed by atoms with van der Waals surface area (Å²) in [5.41, 5.74) is 1.75. The number of nitrogens with zero attached hydrogens (tertiary/aromatic N) is 3. The van der Waals surface area contributed by atoms with Crippen molar-refractivity contribution in [1.29, 1.82) is 0 Å². The molecule has 1 atom stereocenters. The summed E-state index contributed by atoms with van der Waals surface area (Å²) >= 11 is 1.31. The number of hydrogen-bond acceptors (Lipinski definition) is 4. The van der Waals surface area contributed by atoms with E-state index in [2.05, 4.69) is 11.5 Å². The van der Waals surface area contributed by atoms with Crippen LogP contribution in [0.15, 0.2) is 40.4 Å². The molecule has 0 unspecified atom stereocenters. The monoisotopic (exact) mass is 523 g/mol. The van der Waals surface area contributed by atoms with Crippen LogP contribution < -0.4 is 0 Å². The smallest absolute Gasteiger partial charge is 0.243 e. The highest BCUT2D eigenvalue weighted by Crippen LogP contribution is 2.38. The Bertz CT molecular complexity index is 1330. The average molecular weight is 524 g/mol. The Balaban J connectivity index is 1.49. The van der Waals surface area contributed by atoms with Gasteiger partial charge in [-0.15, -0.1) is 0 Å². The van der Waals surface area contributed by atoms with Crippen molar-refractivity contribution in [2.45, 2.75) is 67.3 Å². The molecule has 0 bridgehead atoms. The summed E-state index contributed by atoms with van der Waals surface area (Å²) < 4.78 is 71.0. The van der Waals surface area contributed by atoms with Crippen molar-refractivity contribution >= 4 is 32.8 Å². The van der Waals surface area contributed by atoms with Gasteiger partial charge in [0.1, 0.15) is 0 Å². The number of thioether (sulfide) groups is 1. The van der Waals surface area contributed by atoms with Crippen LogP contribution in [0, 0.1) is 23.4 Å². The van der Waals surface area contributed by atoms with Crippen molar-refractivity contribution in [1.82, 2.24) is 13.9 Å². The van der Waals surface area contributed by atoms with Gasteiger partial charge in [0.05, 0.1) is 15.9 Å². The number of benzene rings is 2. The van der Waals surface area contributed by atoms with Crippen LogP contribution in [-0.2, 0) is 15.8 Å². The molecule has 0 amide bonds. The van der Waals surface area contributed by atoms with Crippen LogP contribution in [-0.4, -0.2) is 35.4 Å². The molecule has 0 spiro atoms. The molecule has 2 aliphatic rings. The third-order valence-corrected chi connectivity index (χ3v) is 9.87. The maximum atomic E-state index is 13.7. The summed E-state index contributed by atoms with van der Waals surface area (Å²) in [6.45, 7) is 3.10. The maximum Gasteiger partial charge on any atom is 0.243 e. The van der Waals surface area contributed by atoms with Gasteiger partial charge in [-0.25, -0.2) is 26.6 Å². The quantitative estimate of drug-likeness (QED) is 0.282. The molecule has 2 fully saturated rings. The minimum atomic E-state index is -3.62. The molecule has 1 saturated carbocycles. The van der Waals surface area contributed by atoms with Gasteiger partial charge in [-0.3, -0.25) is 0 Å². The van der Waals surface area contributed by atoms with Crippen molar-refractivity contribution in [2.24, 2.45) is 5.92 Å². The molecule has 188 valence electrons. The number of rotatable bonds is 6. The second-order valence-electron chi connectivity index (χ2n) is 9.63. The zero-order chi connectivity index (χ0) is 24.7. The van der Waals surface area contributed by atoms with Gasteiger partial charge in [0.2, 0.25) is 10.0 Å². The fraction of sp³-hybridized carbons (Fsp3) is 0.480. The fourth-order valence-electron chi connectivity index (χ4n) is 5.19. The van der Waals surface area contributed by atoms with Crippen LogP contribution >= 0.6 is 11.8 Å². The van der Waals surface area contributed by atoms with E-state index >= 15 is 0 Å². The van der Waals surface area contributed by atoms with Crippen molar-refractivity contribution in [3.63, 3.8) is 0 Å². The Kier molecular flexibility index (Phi) is 6.89. The molecule has 3 aromatic rings. The van der Waals surface area contributed by atoms with Crippen LogP contribution in [0.5, 0.6) is 0 Å². The summed E-state index contributed by atoms with van der Waals surface area (Å²) in [6.07, 6.45) is 6.06. The van der Waals surface area contributed by atoms with Crippen LogP contribution in [0.3, 0.4) is 0 Å². The molecular formula is C25H28F3N3O2S2. The highest BCUT2D eigenvalue weighted by Gasteiger charge is 2.30. The summed E-state index contributed by atoms with van der Waals surface area (Å²) in [7, 11) is -3.62. The lowest BCUT2D eigenvalue weighted by Gasteiger charge is -2.30. The lowest BCUT2D eigenvalue weighted by molar-refractivity contribution is 0.281. The van der Waals surface area contributed by atoms with Crippen molar-refractivity contribution in [2.75, 3.05) is 13.1 Å². The van der Waals surface area contributed by atoms with E-state index in [-0.39, 0.29) is 16.7 Å². The highest BCUT2D eigenvalue weighted by atomic mass is 32.2. The highest BCUT2D eigenvalue weighted by molar-refractivity contribution is 7.98. The molecule has 0 radical (unpaired) electrons. The van der Waals surface area contributed by atoms with Crippen molar-refractivity contribution in [3.05, 3.63) is 53.3 Å². The fourth-order valence-corrected chi connectivity index (χ4v) is 7.82. The van der Waals surface area contributed by atoms with E-state index in [1.54, 1.807) is 16.4 Å². The number of hydrogen-bond donors (Lipinski definition) is 0.